The summed E-state index contributed by atoms with van der Waals surface area (Å²) < 4.78 is 13.9. The Morgan fingerprint density at radius 2 is 1.39 bits per heavy atom. The van der Waals surface area contributed by atoms with Crippen LogP contribution in [-0.2, 0) is 14.2 Å². The minimum atomic E-state index is 0. The van der Waals surface area contributed by atoms with Crippen molar-refractivity contribution in [2.45, 2.75) is 0 Å². The predicted octanol–water partition coefficient (Wildman–Crippen LogP) is -3.74. The number of hydrogen-bond acceptors (Lipinski definition) is 5. The van der Waals surface area contributed by atoms with Gasteiger partial charge >= 0.3 is 29.6 Å². The van der Waals surface area contributed by atoms with Gasteiger partial charge in [-0.1, -0.05) is 0 Å². The van der Waals surface area contributed by atoms with Crippen LogP contribution in [0.15, 0.2) is 0 Å². The fraction of sp³-hybridized carbons (Fsp3) is 1.00. The average Bonchev–Trinajstić information content (AvgIpc) is 2.35. The number of aliphatic hydroxyl groups is 2. The van der Waals surface area contributed by atoms with Crippen molar-refractivity contribution in [1.29, 1.82) is 0 Å². The number of morpholine rings is 1. The molecule has 2 N–H and O–H groups in total. The molecule has 0 saturated carbocycles. The molecule has 1 aliphatic rings. The third-order valence-electron chi connectivity index (χ3n) is 1.38. The van der Waals surface area contributed by atoms with Crippen LogP contribution in [0.2, 0.25) is 0 Å². The van der Waals surface area contributed by atoms with Crippen molar-refractivity contribution in [1.82, 2.24) is 0 Å². The Labute approximate surface area is 143 Å². The molecule has 0 atom stereocenters. The number of hydrogen-bond donors (Lipinski definition) is 2. The number of aliphatic hydroxyl groups excluding tert-OH is 2. The zero-order valence-electron chi connectivity index (χ0n) is 11.8. The molecule has 0 aromatic carbocycles. The first kappa shape index (κ1) is 27.6. The molecule has 1 fully saturated rings. The standard InChI is InChI=1S/C4H8NO.2C3H8O2.Al.Na/c1-3-6-4-2-5-1;2*1-5-3-2-4;;/h1-4H2;2*4H,2-3H2,1H3;;/q-1;;;;+1. The van der Waals surface area contributed by atoms with Gasteiger partial charge in [-0.05, 0) is 0 Å². The van der Waals surface area contributed by atoms with Gasteiger partial charge in [0.05, 0.1) is 26.4 Å². The zero-order chi connectivity index (χ0) is 12.5. The van der Waals surface area contributed by atoms with Crippen LogP contribution < -0.4 is 29.6 Å². The molecular formula is C10H24AlNNaO5. The molecule has 0 amide bonds. The summed E-state index contributed by atoms with van der Waals surface area (Å²) in [5, 5.41) is 19.9. The van der Waals surface area contributed by atoms with E-state index >= 15 is 0 Å². The van der Waals surface area contributed by atoms with Crippen molar-refractivity contribution in [3.8, 4) is 0 Å². The van der Waals surface area contributed by atoms with Crippen LogP contribution in [0.3, 0.4) is 0 Å². The van der Waals surface area contributed by atoms with Gasteiger partial charge in [0, 0.05) is 44.8 Å². The fourth-order valence-corrected chi connectivity index (χ4v) is 0.655. The van der Waals surface area contributed by atoms with E-state index in [1.54, 1.807) is 14.2 Å². The van der Waals surface area contributed by atoms with E-state index in [4.69, 9.17) is 14.9 Å². The van der Waals surface area contributed by atoms with E-state index in [1.807, 2.05) is 0 Å². The molecule has 0 aliphatic carbocycles. The summed E-state index contributed by atoms with van der Waals surface area (Å²) in [5.41, 5.74) is 0. The minimum Gasteiger partial charge on any atom is -0.659 e. The largest absolute Gasteiger partial charge is 1.00 e. The summed E-state index contributed by atoms with van der Waals surface area (Å²) >= 11 is 0. The van der Waals surface area contributed by atoms with Gasteiger partial charge in [-0.15, -0.1) is 13.1 Å². The predicted molar refractivity (Wildman–Crippen MR) is 67.6 cm³/mol. The van der Waals surface area contributed by atoms with E-state index in [1.165, 1.54) is 0 Å². The van der Waals surface area contributed by atoms with Crippen LogP contribution in [0, 0.1) is 0 Å². The Balaban J connectivity index is -0.0000000781. The first-order valence-corrected chi connectivity index (χ1v) is 5.24. The molecule has 0 aromatic rings. The van der Waals surface area contributed by atoms with Crippen LogP contribution in [0.1, 0.15) is 0 Å². The molecule has 1 heterocycles. The van der Waals surface area contributed by atoms with Crippen molar-refractivity contribution >= 4 is 17.4 Å². The van der Waals surface area contributed by atoms with E-state index in [-0.39, 0.29) is 60.1 Å². The summed E-state index contributed by atoms with van der Waals surface area (Å²) in [6.07, 6.45) is 0. The van der Waals surface area contributed by atoms with Crippen LogP contribution in [0.25, 0.3) is 5.32 Å². The number of ether oxygens (including phenoxy) is 3. The second kappa shape index (κ2) is 31.0. The third-order valence-corrected chi connectivity index (χ3v) is 1.38. The SMILES string of the molecule is C1COCC[N-]1.COCCO.COCCO.[Al].[Na+]. The van der Waals surface area contributed by atoms with E-state index in [9.17, 15) is 0 Å². The smallest absolute Gasteiger partial charge is 0.659 e. The summed E-state index contributed by atoms with van der Waals surface area (Å²) in [4.78, 5) is 0. The molecule has 1 aliphatic heterocycles. The molecule has 0 bridgehead atoms. The van der Waals surface area contributed by atoms with Gasteiger partial charge < -0.3 is 29.7 Å². The maximum atomic E-state index is 7.94. The van der Waals surface area contributed by atoms with Gasteiger partial charge in [0.15, 0.2) is 0 Å². The zero-order valence-corrected chi connectivity index (χ0v) is 15.0. The quantitative estimate of drug-likeness (QED) is 0.520. The Bertz CT molecular complexity index is 90.8. The molecule has 18 heavy (non-hydrogen) atoms. The van der Waals surface area contributed by atoms with Crippen LogP contribution >= 0.6 is 0 Å². The maximum Gasteiger partial charge on any atom is 1.00 e. The summed E-state index contributed by atoms with van der Waals surface area (Å²) in [6.45, 7) is 4.60. The topological polar surface area (TPSA) is 82.3 Å². The number of rotatable bonds is 4. The molecule has 3 radical (unpaired) electrons. The Morgan fingerprint density at radius 3 is 1.44 bits per heavy atom. The van der Waals surface area contributed by atoms with Gasteiger partial charge in [0.2, 0.25) is 0 Å². The summed E-state index contributed by atoms with van der Waals surface area (Å²) in [7, 11) is 3.10. The number of nitrogens with zero attached hydrogens (tertiary/aromatic N) is 1. The Morgan fingerprint density at radius 1 is 1.00 bits per heavy atom. The molecule has 1 rings (SSSR count). The third kappa shape index (κ3) is 36.0. The van der Waals surface area contributed by atoms with E-state index in [2.05, 4.69) is 14.8 Å². The van der Waals surface area contributed by atoms with Gasteiger partial charge in [0.25, 0.3) is 0 Å². The monoisotopic (exact) mass is 288 g/mol. The Kier molecular flexibility index (Phi) is 47.5. The van der Waals surface area contributed by atoms with Crippen molar-refractivity contribution in [3.05, 3.63) is 5.32 Å². The van der Waals surface area contributed by atoms with Gasteiger partial charge in [-0.3, -0.25) is 0 Å². The van der Waals surface area contributed by atoms with E-state index in [0.717, 1.165) is 26.3 Å². The normalized spacial score (nSPS) is 12.7. The van der Waals surface area contributed by atoms with Crippen molar-refractivity contribution in [3.63, 3.8) is 0 Å². The van der Waals surface area contributed by atoms with E-state index < -0.39 is 0 Å². The van der Waals surface area contributed by atoms with Crippen molar-refractivity contribution in [2.75, 3.05) is 67.0 Å². The van der Waals surface area contributed by atoms with Gasteiger partial charge in [-0.25, -0.2) is 0 Å². The molecule has 1 saturated heterocycles. The van der Waals surface area contributed by atoms with Crippen LogP contribution in [0.4, 0.5) is 0 Å². The van der Waals surface area contributed by atoms with Gasteiger partial charge in [-0.2, -0.15) is 0 Å². The first-order valence-electron chi connectivity index (χ1n) is 5.24. The maximum absolute atomic E-state index is 7.94. The molecule has 0 spiro atoms. The molecule has 8 heteroatoms. The fourth-order valence-electron chi connectivity index (χ4n) is 0.655. The molecule has 103 valence electrons. The second-order valence-corrected chi connectivity index (χ2v) is 2.72. The summed E-state index contributed by atoms with van der Waals surface area (Å²) in [5.74, 6) is 0. The first-order chi connectivity index (χ1) is 7.83. The second-order valence-electron chi connectivity index (χ2n) is 2.72. The molecule has 0 unspecified atom stereocenters. The molecule has 0 aromatic heterocycles. The summed E-state index contributed by atoms with van der Waals surface area (Å²) in [6, 6.07) is 0. The van der Waals surface area contributed by atoms with E-state index in [0.29, 0.717) is 13.2 Å². The Hall–Kier alpha value is 1.29. The van der Waals surface area contributed by atoms with Gasteiger partial charge in [0.1, 0.15) is 0 Å². The molecule has 6 nitrogen and oxygen atoms in total. The molecular weight excluding hydrogens is 264 g/mol. The van der Waals surface area contributed by atoms with Crippen molar-refractivity contribution in [2.24, 2.45) is 0 Å². The van der Waals surface area contributed by atoms with Crippen LogP contribution in [0.5, 0.6) is 0 Å². The van der Waals surface area contributed by atoms with Crippen LogP contribution in [-0.4, -0.2) is 94.5 Å². The average molecular weight is 288 g/mol. The minimum absolute atomic E-state index is 0. The van der Waals surface area contributed by atoms with Crippen molar-refractivity contribution < 1.29 is 54.0 Å². The number of methoxy groups -OCH3 is 2.